The molecule has 1 atom stereocenters. The first-order valence-corrected chi connectivity index (χ1v) is 21.7. The second-order valence-corrected chi connectivity index (χ2v) is 16.2. The van der Waals surface area contributed by atoms with E-state index >= 15 is 0 Å². The Hall–Kier alpha value is -3.43. The van der Waals surface area contributed by atoms with E-state index in [1.54, 1.807) is 7.11 Å². The van der Waals surface area contributed by atoms with Gasteiger partial charge in [-0.15, -0.1) is 0 Å². The number of benzene rings is 2. The summed E-state index contributed by atoms with van der Waals surface area (Å²) in [5.41, 5.74) is 4.01. The van der Waals surface area contributed by atoms with Crippen molar-refractivity contribution < 1.29 is 23.8 Å². The first-order valence-electron chi connectivity index (χ1n) is 21.3. The first-order chi connectivity index (χ1) is 26.7. The largest absolute Gasteiger partial charge is 0.496 e. The van der Waals surface area contributed by atoms with Crippen LogP contribution >= 0.6 is 12.2 Å². The van der Waals surface area contributed by atoms with Crippen molar-refractivity contribution >= 4 is 29.4 Å². The summed E-state index contributed by atoms with van der Waals surface area (Å²) in [5, 5.41) is 3.32. The minimum atomic E-state index is -0.859. The summed E-state index contributed by atoms with van der Waals surface area (Å²) in [6, 6.07) is 15.7. The number of hydrogen-bond donors (Lipinski definition) is 1. The van der Waals surface area contributed by atoms with Crippen LogP contribution in [0.25, 0.3) is 0 Å². The van der Waals surface area contributed by atoms with Crippen molar-refractivity contribution in [1.82, 2.24) is 15.1 Å². The average Bonchev–Trinajstić information content (AvgIpc) is 3.17. The van der Waals surface area contributed by atoms with Crippen molar-refractivity contribution in [2.45, 2.75) is 156 Å². The highest BCUT2D eigenvalue weighted by Gasteiger charge is 2.43. The van der Waals surface area contributed by atoms with Crippen LogP contribution in [0.3, 0.4) is 0 Å². The fourth-order valence-corrected chi connectivity index (χ4v) is 8.36. The van der Waals surface area contributed by atoms with Gasteiger partial charge in [-0.3, -0.25) is 4.90 Å². The number of rotatable bonds is 23. The van der Waals surface area contributed by atoms with Crippen molar-refractivity contribution in [3.8, 4) is 5.75 Å². The summed E-state index contributed by atoms with van der Waals surface area (Å²) in [7, 11) is 1.63. The van der Waals surface area contributed by atoms with Crippen LogP contribution in [0.5, 0.6) is 5.75 Å². The maximum atomic E-state index is 14.1. The van der Waals surface area contributed by atoms with Gasteiger partial charge >= 0.3 is 12.1 Å². The first kappa shape index (κ1) is 44.3. The number of hydrogen-bond acceptors (Lipinski definition) is 7. The Morgan fingerprint density at radius 3 is 2.07 bits per heavy atom. The molecule has 2 aliphatic rings. The molecule has 2 aliphatic heterocycles. The van der Waals surface area contributed by atoms with Crippen LogP contribution < -0.4 is 10.1 Å². The molecule has 0 spiro atoms. The normalized spacial score (nSPS) is 16.7. The lowest BCUT2D eigenvalue weighted by Crippen LogP contribution is -2.51. The SMILES string of the molecule is CCCCCCCCCCCCCCCc1cccc(OC)c1C1C(C(=O)OC(C)C)=C(C)NC(=S)N1C(=O)OCCC1CCN(Cc2ccccc2)CC1. The van der Waals surface area contributed by atoms with Crippen LogP contribution in [0.1, 0.15) is 153 Å². The standard InChI is InChI=1S/C46H69N3O5S/c1-6-7-8-9-10-11-12-13-14-15-16-17-21-25-39-26-22-27-40(52-5)42(39)43-41(44(50)54-35(2)3)36(4)47-45(55)49(43)46(51)53-33-30-37-28-31-48(32-29-37)34-38-23-19-18-20-24-38/h18-20,22-24,26-27,35,37,43H,6-17,21,25,28-34H2,1-5H3,(H,47,55). The summed E-state index contributed by atoms with van der Waals surface area (Å²) in [4.78, 5) is 31.9. The number of allylic oxidation sites excluding steroid dienone is 1. The molecule has 0 bridgehead atoms. The van der Waals surface area contributed by atoms with Crippen LogP contribution in [0.15, 0.2) is 59.8 Å². The van der Waals surface area contributed by atoms with Gasteiger partial charge in [-0.1, -0.05) is 126 Å². The molecule has 9 heteroatoms. The molecule has 1 saturated heterocycles. The van der Waals surface area contributed by atoms with Gasteiger partial charge in [0.15, 0.2) is 5.11 Å². The van der Waals surface area contributed by atoms with Crippen molar-refractivity contribution in [2.24, 2.45) is 5.92 Å². The zero-order chi connectivity index (χ0) is 39.4. The van der Waals surface area contributed by atoms with E-state index in [4.69, 9.17) is 26.4 Å². The third-order valence-corrected chi connectivity index (χ3v) is 11.4. The molecule has 4 rings (SSSR count). The number of thiocarbonyl (C=S) groups is 1. The highest BCUT2D eigenvalue weighted by Crippen LogP contribution is 2.42. The Morgan fingerprint density at radius 2 is 1.47 bits per heavy atom. The lowest BCUT2D eigenvalue weighted by molar-refractivity contribution is -0.143. The molecule has 55 heavy (non-hydrogen) atoms. The molecular formula is C46H69N3O5S. The number of unbranched alkanes of at least 4 members (excludes halogenated alkanes) is 12. The minimum absolute atomic E-state index is 0.195. The fraction of sp³-hybridized carbons (Fsp3) is 0.630. The molecule has 0 aromatic heterocycles. The number of methoxy groups -OCH3 is 1. The lowest BCUT2D eigenvalue weighted by Gasteiger charge is -2.39. The third kappa shape index (κ3) is 14.2. The van der Waals surface area contributed by atoms with Gasteiger partial charge < -0.3 is 19.5 Å². The summed E-state index contributed by atoms with van der Waals surface area (Å²) >= 11 is 5.83. The third-order valence-electron chi connectivity index (χ3n) is 11.1. The summed E-state index contributed by atoms with van der Waals surface area (Å²) in [6.07, 6.45) is 19.5. The number of likely N-dealkylation sites (tertiary alicyclic amines) is 1. The number of aryl methyl sites for hydroxylation is 1. The second-order valence-electron chi connectivity index (χ2n) is 15.8. The van der Waals surface area contributed by atoms with Gasteiger partial charge in [0, 0.05) is 17.8 Å². The van der Waals surface area contributed by atoms with Gasteiger partial charge in [0.2, 0.25) is 0 Å². The lowest BCUT2D eigenvalue weighted by atomic mass is 9.88. The Morgan fingerprint density at radius 1 is 0.855 bits per heavy atom. The Labute approximate surface area is 337 Å². The van der Waals surface area contributed by atoms with E-state index in [1.165, 1.54) is 81.1 Å². The average molecular weight is 776 g/mol. The molecule has 1 N–H and O–H groups in total. The zero-order valence-corrected chi connectivity index (χ0v) is 35.4. The van der Waals surface area contributed by atoms with E-state index in [2.05, 4.69) is 53.5 Å². The van der Waals surface area contributed by atoms with Gasteiger partial charge in [0.1, 0.15) is 11.8 Å². The van der Waals surface area contributed by atoms with Crippen LogP contribution in [-0.4, -0.2) is 59.9 Å². The van der Waals surface area contributed by atoms with Crippen molar-refractivity contribution in [3.63, 3.8) is 0 Å². The number of nitrogens with one attached hydrogen (secondary N) is 1. The highest BCUT2D eigenvalue weighted by atomic mass is 32.1. The molecule has 0 saturated carbocycles. The number of nitrogens with zero attached hydrogens (tertiary/aromatic N) is 2. The van der Waals surface area contributed by atoms with E-state index in [0.717, 1.165) is 69.3 Å². The molecule has 2 aromatic carbocycles. The highest BCUT2D eigenvalue weighted by molar-refractivity contribution is 7.80. The zero-order valence-electron chi connectivity index (χ0n) is 34.5. The summed E-state index contributed by atoms with van der Waals surface area (Å²) < 4.78 is 17.7. The van der Waals surface area contributed by atoms with Crippen LogP contribution in [0.2, 0.25) is 0 Å². The molecule has 2 heterocycles. The molecule has 304 valence electrons. The maximum absolute atomic E-state index is 14.1. The molecule has 1 unspecified atom stereocenters. The summed E-state index contributed by atoms with van der Waals surface area (Å²) in [5.74, 6) is 0.580. The van der Waals surface area contributed by atoms with Crippen molar-refractivity contribution in [3.05, 3.63) is 76.5 Å². The van der Waals surface area contributed by atoms with Gasteiger partial charge in [0.25, 0.3) is 0 Å². The molecule has 0 aliphatic carbocycles. The van der Waals surface area contributed by atoms with Crippen LogP contribution in [0.4, 0.5) is 4.79 Å². The molecule has 1 fully saturated rings. The maximum Gasteiger partial charge on any atom is 0.416 e. The Bertz CT molecular complexity index is 1500. The molecule has 8 nitrogen and oxygen atoms in total. The van der Waals surface area contributed by atoms with E-state index in [0.29, 0.717) is 22.9 Å². The Balaban J connectivity index is 1.40. The van der Waals surface area contributed by atoms with E-state index < -0.39 is 18.1 Å². The quantitative estimate of drug-likeness (QED) is 0.0679. The second kappa shape index (κ2) is 24.3. The topological polar surface area (TPSA) is 80.3 Å². The fourth-order valence-electron chi connectivity index (χ4n) is 8.03. The Kier molecular flexibility index (Phi) is 19.5. The predicted octanol–water partition coefficient (Wildman–Crippen LogP) is 11.2. The van der Waals surface area contributed by atoms with Crippen molar-refractivity contribution in [1.29, 1.82) is 0 Å². The van der Waals surface area contributed by atoms with Gasteiger partial charge in [-0.25, -0.2) is 14.5 Å². The molecule has 1 amide bonds. The molecule has 2 aromatic rings. The van der Waals surface area contributed by atoms with E-state index in [1.807, 2.05) is 32.9 Å². The van der Waals surface area contributed by atoms with E-state index in [9.17, 15) is 9.59 Å². The monoisotopic (exact) mass is 775 g/mol. The van der Waals surface area contributed by atoms with Crippen LogP contribution in [0, 0.1) is 5.92 Å². The number of piperidine rings is 1. The molecular weight excluding hydrogens is 707 g/mol. The number of carbonyl (C=O) groups excluding carboxylic acids is 2. The van der Waals surface area contributed by atoms with Gasteiger partial charge in [-0.05, 0) is 101 Å². The van der Waals surface area contributed by atoms with Crippen molar-refractivity contribution in [2.75, 3.05) is 26.8 Å². The predicted molar refractivity (Wildman–Crippen MR) is 227 cm³/mol. The van der Waals surface area contributed by atoms with E-state index in [-0.39, 0.29) is 17.8 Å². The van der Waals surface area contributed by atoms with Crippen LogP contribution in [-0.2, 0) is 27.2 Å². The number of esters is 1. The summed E-state index contributed by atoms with van der Waals surface area (Å²) in [6.45, 7) is 11.0. The van der Waals surface area contributed by atoms with Gasteiger partial charge in [-0.2, -0.15) is 0 Å². The smallest absolute Gasteiger partial charge is 0.416 e. The number of carbonyl (C=O) groups is 2. The number of amides is 1. The van der Waals surface area contributed by atoms with Gasteiger partial charge in [0.05, 0.1) is 25.4 Å². The number of ether oxygens (including phenoxy) is 3. The minimum Gasteiger partial charge on any atom is -0.496 e. The molecule has 0 radical (unpaired) electrons.